The molecule has 4 amide bonds. The lowest BCUT2D eigenvalue weighted by Crippen LogP contribution is -2.71. The summed E-state index contributed by atoms with van der Waals surface area (Å²) in [6.07, 6.45) is -53.8. The number of carbonyl (C=O) groups is 5. The number of aliphatic carboxylic acids is 1. The second kappa shape index (κ2) is 30.2. The largest absolute Gasteiger partial charge is 0.477 e. The first-order chi connectivity index (χ1) is 40.0. The number of hydrogen-bond donors (Lipinski definition) is 22. The molecule has 490 valence electrons. The zero-order valence-corrected chi connectivity index (χ0v) is 45.9. The van der Waals surface area contributed by atoms with Crippen LogP contribution in [0.4, 0.5) is 0 Å². The van der Waals surface area contributed by atoms with Gasteiger partial charge in [-0.15, -0.1) is 0 Å². The van der Waals surface area contributed by atoms with Gasteiger partial charge in [0.15, 0.2) is 31.5 Å². The first kappa shape index (κ1) is 70.3. The molecular weight excluding hydrogens is 1160 g/mol. The number of hydrogen-bond acceptors (Lipinski definition) is 33. The molecule has 31 atom stereocenters. The van der Waals surface area contributed by atoms with Crippen LogP contribution in [0.25, 0.3) is 0 Å². The van der Waals surface area contributed by atoms with E-state index >= 15 is 0 Å². The highest BCUT2D eigenvalue weighted by Gasteiger charge is 2.61. The minimum Gasteiger partial charge on any atom is -0.477 e. The Labute approximate surface area is 481 Å². The maximum Gasteiger partial charge on any atom is 0.364 e. The van der Waals surface area contributed by atoms with Gasteiger partial charge in [0.2, 0.25) is 23.6 Å². The average Bonchev–Trinajstić information content (AvgIpc) is 1.51. The number of amides is 4. The monoisotopic (exact) mass is 1240 g/mol. The van der Waals surface area contributed by atoms with E-state index in [2.05, 4.69) is 21.3 Å². The normalized spacial score (nSPS) is 45.0. The summed E-state index contributed by atoms with van der Waals surface area (Å²) in [5.41, 5.74) is 0. The Morgan fingerprint density at radius 2 is 0.929 bits per heavy atom. The van der Waals surface area contributed by atoms with Crippen LogP contribution in [0, 0.1) is 0 Å². The van der Waals surface area contributed by atoms with E-state index in [0.29, 0.717) is 0 Å². The van der Waals surface area contributed by atoms with Crippen LogP contribution >= 0.6 is 0 Å². The summed E-state index contributed by atoms with van der Waals surface area (Å²) >= 11 is 0. The van der Waals surface area contributed by atoms with Gasteiger partial charge in [-0.3, -0.25) is 19.2 Å². The summed E-state index contributed by atoms with van der Waals surface area (Å²) in [4.78, 5) is 63.2. The van der Waals surface area contributed by atoms with Crippen LogP contribution in [0.15, 0.2) is 0 Å². The average molecular weight is 1240 g/mol. The molecule has 22 N–H and O–H groups in total. The number of nitrogens with one attached hydrogen (secondary N) is 4. The van der Waals surface area contributed by atoms with Crippen LogP contribution in [-0.4, -0.2) is 351 Å². The molecule has 38 nitrogen and oxygen atoms in total. The van der Waals surface area contributed by atoms with Gasteiger partial charge < -0.3 is 165 Å². The number of carbonyl (C=O) groups excluding carboxylic acids is 4. The lowest BCUT2D eigenvalue weighted by molar-refractivity contribution is -0.384. The zero-order chi connectivity index (χ0) is 63.3. The van der Waals surface area contributed by atoms with E-state index in [0.717, 1.165) is 27.7 Å². The predicted octanol–water partition coefficient (Wildman–Crippen LogP) is -14.3. The number of aliphatic hydroxyl groups excluding tert-OH is 17. The first-order valence-electron chi connectivity index (χ1n) is 26.7. The van der Waals surface area contributed by atoms with E-state index in [1.807, 2.05) is 0 Å². The van der Waals surface area contributed by atoms with Gasteiger partial charge in [0.1, 0.15) is 140 Å². The number of carboxylic acid groups (broad SMARTS) is 1. The summed E-state index contributed by atoms with van der Waals surface area (Å²) in [5.74, 6) is -8.72. The van der Waals surface area contributed by atoms with E-state index in [1.54, 1.807) is 0 Å². The molecule has 0 spiro atoms. The lowest BCUT2D eigenvalue weighted by atomic mass is 9.88. The third-order valence-electron chi connectivity index (χ3n) is 15.0. The van der Waals surface area contributed by atoms with Gasteiger partial charge in [-0.25, -0.2) is 4.79 Å². The molecule has 6 fully saturated rings. The Balaban J connectivity index is 1.30. The van der Waals surface area contributed by atoms with E-state index in [9.17, 15) is 116 Å². The quantitative estimate of drug-likeness (QED) is 0.0452. The van der Waals surface area contributed by atoms with Crippen molar-refractivity contribution < 1.29 is 168 Å². The molecule has 38 heteroatoms. The maximum atomic E-state index is 13.1. The van der Waals surface area contributed by atoms with Crippen molar-refractivity contribution in [2.45, 2.75) is 224 Å². The number of rotatable bonds is 23. The molecule has 6 saturated heterocycles. The third-order valence-corrected chi connectivity index (χ3v) is 15.0. The van der Waals surface area contributed by atoms with Gasteiger partial charge in [-0.05, 0) is 0 Å². The minimum atomic E-state index is -3.21. The second-order valence-corrected chi connectivity index (χ2v) is 21.2. The predicted molar refractivity (Wildman–Crippen MR) is 263 cm³/mol. The molecule has 0 aliphatic carbocycles. The number of aliphatic hydroxyl groups is 17. The minimum absolute atomic E-state index is 0.801. The Kier molecular flexibility index (Phi) is 24.9. The molecule has 0 unspecified atom stereocenters. The summed E-state index contributed by atoms with van der Waals surface area (Å²) < 4.78 is 63.9. The van der Waals surface area contributed by atoms with Gasteiger partial charge in [0.25, 0.3) is 5.79 Å². The Morgan fingerprint density at radius 3 is 1.48 bits per heavy atom. The SMILES string of the molecule is CC(=O)N[C@@H]1[C@@H](O[C@H]2O[C@H](CO[C@@H]3O[C@H](CO)[C@@H](O[C@@H]4O[C@H](CO)[C@H](O)[C@H](O[C@]5(C(=O)O)C[C@H](O)[C@@H](NC(C)=O)[C@H]([C@H](O)[C@H](O)CO)O5)[C@H]4O)[C@H](O)[C@H]3NC(C)=O)[C@H](O)[C@H](O[C@@H]3O[C@H](CO)[C@H](O)[C@H](O)[C@H]3O)[C@H]2NC(C)=O)[C@@H](O)[C@@H](CO)O[C@@H]1O. The molecule has 0 aromatic rings. The van der Waals surface area contributed by atoms with Crippen molar-refractivity contribution in [3.63, 3.8) is 0 Å². The topological polar surface area (TPSA) is 599 Å². The van der Waals surface area contributed by atoms with Crippen molar-refractivity contribution in [1.82, 2.24) is 21.3 Å². The highest BCUT2D eigenvalue weighted by atomic mass is 16.8. The summed E-state index contributed by atoms with van der Waals surface area (Å²) in [7, 11) is 0. The molecule has 0 bridgehead atoms. The summed E-state index contributed by atoms with van der Waals surface area (Å²) in [6.45, 7) is -2.34. The molecule has 6 aliphatic rings. The number of ether oxygens (including phenoxy) is 11. The van der Waals surface area contributed by atoms with E-state index < -0.39 is 265 Å². The molecule has 0 aromatic carbocycles. The van der Waals surface area contributed by atoms with Gasteiger partial charge in [0.05, 0.1) is 51.8 Å². The fourth-order valence-corrected chi connectivity index (χ4v) is 10.7. The van der Waals surface area contributed by atoms with Crippen LogP contribution in [0.5, 0.6) is 0 Å². The first-order valence-corrected chi connectivity index (χ1v) is 26.7. The van der Waals surface area contributed by atoms with Gasteiger partial charge in [-0.1, -0.05) is 0 Å². The lowest BCUT2D eigenvalue weighted by Gasteiger charge is -2.51. The van der Waals surface area contributed by atoms with Crippen molar-refractivity contribution in [1.29, 1.82) is 0 Å². The van der Waals surface area contributed by atoms with Gasteiger partial charge >= 0.3 is 5.97 Å². The Bertz CT molecular complexity index is 2210. The summed E-state index contributed by atoms with van der Waals surface area (Å²) in [6, 6.07) is -7.00. The second-order valence-electron chi connectivity index (χ2n) is 21.2. The maximum absolute atomic E-state index is 13.1. The van der Waals surface area contributed by atoms with Crippen molar-refractivity contribution >= 4 is 29.6 Å². The molecular formula is C47H78N4O34. The van der Waals surface area contributed by atoms with E-state index in [4.69, 9.17) is 52.1 Å². The van der Waals surface area contributed by atoms with E-state index in [1.165, 1.54) is 0 Å². The molecule has 6 rings (SSSR count). The van der Waals surface area contributed by atoms with Crippen LogP contribution < -0.4 is 21.3 Å². The summed E-state index contributed by atoms with van der Waals surface area (Å²) in [5, 5.41) is 204. The molecule has 6 aliphatic heterocycles. The zero-order valence-electron chi connectivity index (χ0n) is 45.9. The highest BCUT2D eigenvalue weighted by molar-refractivity contribution is 5.77. The number of carboxylic acids is 1. The fraction of sp³-hybridized carbons (Fsp3) is 0.894. The smallest absolute Gasteiger partial charge is 0.364 e. The third kappa shape index (κ3) is 15.8. The highest BCUT2D eigenvalue weighted by Crippen LogP contribution is 2.40. The van der Waals surface area contributed by atoms with E-state index in [-0.39, 0.29) is 0 Å². The fourth-order valence-electron chi connectivity index (χ4n) is 10.7. The van der Waals surface area contributed by atoms with Crippen molar-refractivity contribution in [2.75, 3.05) is 39.6 Å². The van der Waals surface area contributed by atoms with Crippen LogP contribution in [0.2, 0.25) is 0 Å². The van der Waals surface area contributed by atoms with Crippen LogP contribution in [0.3, 0.4) is 0 Å². The van der Waals surface area contributed by atoms with Gasteiger partial charge in [-0.2, -0.15) is 0 Å². The van der Waals surface area contributed by atoms with Crippen LogP contribution in [0.1, 0.15) is 34.1 Å². The molecule has 0 radical (unpaired) electrons. The molecule has 0 aromatic heterocycles. The molecule has 0 saturated carbocycles. The standard InChI is InChI=1S/C47H78N4O34/c1-12(57)48-23-16(61)5-47(46(73)74,84-39(23)27(63)17(62)6-52)85-40-30(66)20(9-55)78-45(35(40)71)81-36-21(10-56)79-42(24(32(36)68)49-13(2)58)75-11-22-31(67)38(83-44-34(70)33(69)28(64)18(7-53)77-44)26(51-15(4)60)43(80-22)82-37-25(50-14(3)59)41(72)76-19(8-54)29(37)65/h16-45,52-56,61-72H,5-11H2,1-4H3,(H,48,57)(H,49,58)(H,50,59)(H,51,60)(H,73,74)/t16-,17+,18+,19+,20+,21+,22+,23+,24+,25+,26+,27+,28-,29-,30-,31-,32+,33-,34+,35+,36+,37+,38+,39+,40-,41-,42+,43+,44-,45-,47-/m0/s1. The van der Waals surface area contributed by atoms with Crippen molar-refractivity contribution in [3.05, 3.63) is 0 Å². The molecule has 6 heterocycles. The molecule has 85 heavy (non-hydrogen) atoms. The van der Waals surface area contributed by atoms with Gasteiger partial charge in [0, 0.05) is 34.1 Å². The van der Waals surface area contributed by atoms with Crippen molar-refractivity contribution in [2.24, 2.45) is 0 Å². The van der Waals surface area contributed by atoms with Crippen molar-refractivity contribution in [3.8, 4) is 0 Å². The Hall–Kier alpha value is -3.77. The Morgan fingerprint density at radius 1 is 0.482 bits per heavy atom. The van der Waals surface area contributed by atoms with Crippen LogP contribution in [-0.2, 0) is 76.1 Å².